The lowest BCUT2D eigenvalue weighted by atomic mass is 10.1. The summed E-state index contributed by atoms with van der Waals surface area (Å²) in [5.41, 5.74) is 6.21. The highest BCUT2D eigenvalue weighted by Gasteiger charge is 2.33. The van der Waals surface area contributed by atoms with E-state index in [1.54, 1.807) is 0 Å². The third kappa shape index (κ3) is 3.26. The Bertz CT molecular complexity index is 605. The van der Waals surface area contributed by atoms with Gasteiger partial charge in [-0.05, 0) is 18.6 Å². The predicted octanol–water partition coefficient (Wildman–Crippen LogP) is -0.112. The van der Waals surface area contributed by atoms with Crippen LogP contribution in [0.2, 0.25) is 0 Å². The van der Waals surface area contributed by atoms with Crippen molar-refractivity contribution >= 4 is 5.91 Å². The van der Waals surface area contributed by atoms with Gasteiger partial charge in [0.1, 0.15) is 18.4 Å². The van der Waals surface area contributed by atoms with Crippen LogP contribution in [0.25, 0.3) is 0 Å². The van der Waals surface area contributed by atoms with Gasteiger partial charge in [-0.1, -0.05) is 0 Å². The molecular formula is C16H21N3O5. The van der Waals surface area contributed by atoms with Crippen molar-refractivity contribution in [3.63, 3.8) is 0 Å². The molecular weight excluding hydrogens is 314 g/mol. The molecule has 2 atom stereocenters. The van der Waals surface area contributed by atoms with Crippen LogP contribution in [-0.4, -0.2) is 62.6 Å². The van der Waals surface area contributed by atoms with Crippen LogP contribution in [0, 0.1) is 0 Å². The molecule has 3 aliphatic rings. The monoisotopic (exact) mass is 335 g/mol. The first-order valence-electron chi connectivity index (χ1n) is 8.19. The normalized spacial score (nSPS) is 25.8. The largest absolute Gasteiger partial charge is 0.492 e. The van der Waals surface area contributed by atoms with Crippen LogP contribution >= 0.6 is 0 Å². The number of hydrogen-bond acceptors (Lipinski definition) is 7. The van der Waals surface area contributed by atoms with Gasteiger partial charge in [-0.3, -0.25) is 10.2 Å². The van der Waals surface area contributed by atoms with E-state index in [1.165, 1.54) is 0 Å². The summed E-state index contributed by atoms with van der Waals surface area (Å²) in [5.74, 6) is 2.28. The molecule has 0 saturated carbocycles. The number of fused-ring (bicyclic) bond motifs is 1. The lowest BCUT2D eigenvalue weighted by molar-refractivity contribution is -0.137. The van der Waals surface area contributed by atoms with Crippen molar-refractivity contribution in [1.82, 2.24) is 15.8 Å². The lowest BCUT2D eigenvalue weighted by Crippen LogP contribution is -2.49. The minimum atomic E-state index is -0.214. The second-order valence-electron chi connectivity index (χ2n) is 6.04. The van der Waals surface area contributed by atoms with Crippen LogP contribution in [0.3, 0.4) is 0 Å². The Morgan fingerprint density at radius 2 is 2.04 bits per heavy atom. The zero-order valence-electron chi connectivity index (χ0n) is 13.3. The van der Waals surface area contributed by atoms with Crippen molar-refractivity contribution in [3.05, 3.63) is 18.2 Å². The number of amides is 1. The number of ether oxygens (including phenoxy) is 4. The fraction of sp³-hybridized carbons (Fsp3) is 0.562. The Hall–Kier alpha value is -2.03. The van der Waals surface area contributed by atoms with Gasteiger partial charge in [0.05, 0.1) is 19.3 Å². The molecule has 2 unspecified atom stereocenters. The van der Waals surface area contributed by atoms with Crippen LogP contribution in [0.15, 0.2) is 18.2 Å². The molecule has 0 spiro atoms. The van der Waals surface area contributed by atoms with Crippen molar-refractivity contribution in [2.45, 2.75) is 18.5 Å². The predicted molar refractivity (Wildman–Crippen MR) is 83.9 cm³/mol. The maximum atomic E-state index is 12.4. The van der Waals surface area contributed by atoms with Crippen LogP contribution < -0.4 is 25.1 Å². The molecule has 8 nitrogen and oxygen atoms in total. The average molecular weight is 335 g/mol. The van der Waals surface area contributed by atoms with Crippen LogP contribution in [-0.2, 0) is 9.53 Å². The third-order valence-corrected chi connectivity index (χ3v) is 4.40. The van der Waals surface area contributed by atoms with Gasteiger partial charge < -0.3 is 23.8 Å². The molecule has 130 valence electrons. The van der Waals surface area contributed by atoms with E-state index in [2.05, 4.69) is 10.9 Å². The van der Waals surface area contributed by atoms with E-state index in [9.17, 15) is 4.79 Å². The van der Waals surface area contributed by atoms with Gasteiger partial charge in [0.25, 0.3) is 0 Å². The highest BCUT2D eigenvalue weighted by atomic mass is 16.7. The van der Waals surface area contributed by atoms with Crippen molar-refractivity contribution in [2.75, 3.05) is 39.7 Å². The first-order valence-corrected chi connectivity index (χ1v) is 8.19. The summed E-state index contributed by atoms with van der Waals surface area (Å²) in [6.45, 7) is 3.27. The number of hydrazine groups is 1. The molecule has 0 bridgehead atoms. The Labute approximate surface area is 140 Å². The van der Waals surface area contributed by atoms with E-state index < -0.39 is 0 Å². The SMILES string of the molecule is O=C(C1CC(COc2ccc3c(c2)OCO3)NN1)N1CCOCC1. The highest BCUT2D eigenvalue weighted by molar-refractivity contribution is 5.82. The summed E-state index contributed by atoms with van der Waals surface area (Å²) in [6, 6.07) is 5.37. The average Bonchev–Trinajstić information content (AvgIpc) is 3.29. The van der Waals surface area contributed by atoms with Gasteiger partial charge in [0, 0.05) is 19.2 Å². The first kappa shape index (κ1) is 15.5. The number of nitrogens with zero attached hydrogens (tertiary/aromatic N) is 1. The lowest BCUT2D eigenvalue weighted by Gasteiger charge is -2.28. The molecule has 0 aromatic heterocycles. The Kier molecular flexibility index (Phi) is 4.42. The number of benzene rings is 1. The first-order chi connectivity index (χ1) is 11.8. The van der Waals surface area contributed by atoms with Gasteiger partial charge in [-0.15, -0.1) is 0 Å². The molecule has 1 amide bonds. The Morgan fingerprint density at radius 1 is 1.21 bits per heavy atom. The second kappa shape index (κ2) is 6.84. The molecule has 2 saturated heterocycles. The highest BCUT2D eigenvalue weighted by Crippen LogP contribution is 2.35. The number of morpholine rings is 1. The van der Waals surface area contributed by atoms with E-state index >= 15 is 0 Å². The molecule has 3 heterocycles. The van der Waals surface area contributed by atoms with Gasteiger partial charge in [-0.25, -0.2) is 5.43 Å². The fourth-order valence-corrected chi connectivity index (χ4v) is 3.06. The number of rotatable bonds is 4. The topological polar surface area (TPSA) is 81.3 Å². The van der Waals surface area contributed by atoms with E-state index in [-0.39, 0.29) is 24.8 Å². The van der Waals surface area contributed by atoms with Crippen molar-refractivity contribution < 1.29 is 23.7 Å². The molecule has 2 fully saturated rings. The minimum absolute atomic E-state index is 0.0745. The number of nitrogens with one attached hydrogen (secondary N) is 2. The van der Waals surface area contributed by atoms with E-state index in [0.717, 1.165) is 11.5 Å². The summed E-state index contributed by atoms with van der Waals surface area (Å²) in [4.78, 5) is 14.3. The van der Waals surface area contributed by atoms with E-state index in [0.29, 0.717) is 45.1 Å². The molecule has 3 aliphatic heterocycles. The number of carbonyl (C=O) groups excluding carboxylic acids is 1. The maximum absolute atomic E-state index is 12.4. The zero-order chi connectivity index (χ0) is 16.4. The standard InChI is InChI=1S/C16H21N3O5/c20-16(19-3-5-21-6-4-19)13-7-11(17-18-13)9-22-12-1-2-14-15(8-12)24-10-23-14/h1-2,8,11,13,17-18H,3-7,9-10H2. The van der Waals surface area contributed by atoms with E-state index in [1.807, 2.05) is 23.1 Å². The summed E-state index contributed by atoms with van der Waals surface area (Å²) in [5, 5.41) is 0. The molecule has 2 N–H and O–H groups in total. The molecule has 4 rings (SSSR count). The van der Waals surface area contributed by atoms with Crippen LogP contribution in [0.4, 0.5) is 0 Å². The molecule has 24 heavy (non-hydrogen) atoms. The summed E-state index contributed by atoms with van der Waals surface area (Å²) >= 11 is 0. The summed E-state index contributed by atoms with van der Waals surface area (Å²) in [6.07, 6.45) is 0.695. The number of carbonyl (C=O) groups is 1. The zero-order valence-corrected chi connectivity index (χ0v) is 13.3. The molecule has 8 heteroatoms. The van der Waals surface area contributed by atoms with Crippen molar-refractivity contribution in [2.24, 2.45) is 0 Å². The summed E-state index contributed by atoms with van der Waals surface area (Å²) in [7, 11) is 0. The molecule has 1 aromatic rings. The Balaban J connectivity index is 1.27. The van der Waals surface area contributed by atoms with Gasteiger partial charge in [0.15, 0.2) is 11.5 Å². The van der Waals surface area contributed by atoms with Crippen molar-refractivity contribution in [1.29, 1.82) is 0 Å². The Morgan fingerprint density at radius 3 is 2.92 bits per heavy atom. The molecule has 0 aliphatic carbocycles. The maximum Gasteiger partial charge on any atom is 0.241 e. The molecule has 1 aromatic carbocycles. The van der Waals surface area contributed by atoms with Crippen LogP contribution in [0.5, 0.6) is 17.2 Å². The third-order valence-electron chi connectivity index (χ3n) is 4.40. The second-order valence-corrected chi connectivity index (χ2v) is 6.04. The fourth-order valence-electron chi connectivity index (χ4n) is 3.06. The van der Waals surface area contributed by atoms with Crippen molar-refractivity contribution in [3.8, 4) is 17.2 Å². The smallest absolute Gasteiger partial charge is 0.241 e. The minimum Gasteiger partial charge on any atom is -0.492 e. The summed E-state index contributed by atoms with van der Waals surface area (Å²) < 4.78 is 21.7. The van der Waals surface area contributed by atoms with Crippen LogP contribution in [0.1, 0.15) is 6.42 Å². The molecule has 0 radical (unpaired) electrons. The number of hydrogen-bond donors (Lipinski definition) is 2. The van der Waals surface area contributed by atoms with E-state index in [4.69, 9.17) is 18.9 Å². The van der Waals surface area contributed by atoms with Gasteiger partial charge in [-0.2, -0.15) is 0 Å². The van der Waals surface area contributed by atoms with Gasteiger partial charge in [0.2, 0.25) is 12.7 Å². The quantitative estimate of drug-likeness (QED) is 0.794. The van der Waals surface area contributed by atoms with Gasteiger partial charge >= 0.3 is 0 Å².